The van der Waals surface area contributed by atoms with E-state index in [1.54, 1.807) is 6.07 Å². The number of aryl methyl sites for hydroxylation is 1. The van der Waals surface area contributed by atoms with Crippen LogP contribution in [0, 0.1) is 12.8 Å². The van der Waals surface area contributed by atoms with Crippen LogP contribution in [0.25, 0.3) is 0 Å². The molecule has 2 aromatic heterocycles. The van der Waals surface area contributed by atoms with Crippen LogP contribution >= 0.6 is 35.3 Å². The SMILES string of the molecule is Cc1csc(NC(=O)CSC(=S)N2C[C@H]3C[C@@H](C2)c2cccc(=O)n2C3)n1. The number of hydrogen-bond donors (Lipinski definition) is 1. The number of aromatic nitrogens is 2. The van der Waals surface area contributed by atoms with Crippen molar-refractivity contribution in [3.63, 3.8) is 0 Å². The van der Waals surface area contributed by atoms with E-state index in [0.717, 1.165) is 41.8 Å². The average molecular weight is 421 g/mol. The lowest BCUT2D eigenvalue weighted by atomic mass is 9.83. The highest BCUT2D eigenvalue weighted by atomic mass is 32.2. The molecule has 4 rings (SSSR count). The van der Waals surface area contributed by atoms with Crippen LogP contribution in [0.5, 0.6) is 0 Å². The van der Waals surface area contributed by atoms with E-state index in [9.17, 15) is 9.59 Å². The number of thioether (sulfide) groups is 1. The first kappa shape index (κ1) is 18.6. The Bertz CT molecular complexity index is 939. The molecule has 0 aliphatic carbocycles. The van der Waals surface area contributed by atoms with Gasteiger partial charge in [-0.25, -0.2) is 4.98 Å². The minimum absolute atomic E-state index is 0.0849. The van der Waals surface area contributed by atoms with Crippen LogP contribution in [0.1, 0.15) is 23.7 Å². The number of thiazole rings is 1. The van der Waals surface area contributed by atoms with Crippen molar-refractivity contribution in [3.8, 4) is 0 Å². The van der Waals surface area contributed by atoms with Crippen LogP contribution in [0.2, 0.25) is 0 Å². The first-order valence-corrected chi connectivity index (χ1v) is 11.1. The quantitative estimate of drug-likeness (QED) is 0.770. The molecule has 1 amide bonds. The van der Waals surface area contributed by atoms with E-state index < -0.39 is 0 Å². The van der Waals surface area contributed by atoms with Crippen molar-refractivity contribution in [2.45, 2.75) is 25.8 Å². The van der Waals surface area contributed by atoms with E-state index in [4.69, 9.17) is 12.2 Å². The summed E-state index contributed by atoms with van der Waals surface area (Å²) in [7, 11) is 0. The van der Waals surface area contributed by atoms with Crippen LogP contribution in [-0.2, 0) is 11.3 Å². The van der Waals surface area contributed by atoms with Crippen LogP contribution < -0.4 is 10.9 Å². The molecule has 27 heavy (non-hydrogen) atoms. The maximum atomic E-state index is 12.1. The molecule has 1 saturated heterocycles. The van der Waals surface area contributed by atoms with E-state index in [1.807, 2.05) is 29.0 Å². The van der Waals surface area contributed by atoms with Gasteiger partial charge in [-0.2, -0.15) is 0 Å². The molecule has 0 aromatic carbocycles. The van der Waals surface area contributed by atoms with Crippen LogP contribution in [-0.4, -0.2) is 43.5 Å². The van der Waals surface area contributed by atoms with E-state index in [-0.39, 0.29) is 17.2 Å². The molecule has 0 unspecified atom stereocenters. The molecule has 6 nitrogen and oxygen atoms in total. The number of hydrogen-bond acceptors (Lipinski definition) is 6. The van der Waals surface area contributed by atoms with Gasteiger partial charge < -0.3 is 14.8 Å². The molecule has 2 bridgehead atoms. The Morgan fingerprint density at radius 3 is 3.04 bits per heavy atom. The number of pyridine rings is 1. The number of nitrogens with one attached hydrogen (secondary N) is 1. The monoisotopic (exact) mass is 420 g/mol. The summed E-state index contributed by atoms with van der Waals surface area (Å²) in [5, 5.41) is 5.34. The Balaban J connectivity index is 1.35. The van der Waals surface area contributed by atoms with Gasteiger partial charge in [0.15, 0.2) is 5.13 Å². The van der Waals surface area contributed by atoms with Gasteiger partial charge >= 0.3 is 0 Å². The van der Waals surface area contributed by atoms with E-state index in [1.165, 1.54) is 23.1 Å². The maximum Gasteiger partial charge on any atom is 0.250 e. The summed E-state index contributed by atoms with van der Waals surface area (Å²) in [4.78, 5) is 30.7. The molecule has 0 radical (unpaired) electrons. The Morgan fingerprint density at radius 2 is 2.26 bits per heavy atom. The molecular formula is C18H20N4O2S3. The van der Waals surface area contributed by atoms with Crippen molar-refractivity contribution in [3.05, 3.63) is 45.3 Å². The summed E-state index contributed by atoms with van der Waals surface area (Å²) < 4.78 is 2.66. The number of nitrogens with zero attached hydrogens (tertiary/aromatic N) is 3. The Hall–Kier alpha value is -1.71. The summed E-state index contributed by atoms with van der Waals surface area (Å²) in [6.07, 6.45) is 1.09. The molecule has 2 atom stereocenters. The van der Waals surface area contributed by atoms with Gasteiger partial charge in [-0.3, -0.25) is 9.59 Å². The normalized spacial score (nSPS) is 20.9. The third-order valence-corrected chi connectivity index (χ3v) is 7.33. The van der Waals surface area contributed by atoms with Gasteiger partial charge in [-0.15, -0.1) is 11.3 Å². The van der Waals surface area contributed by atoms with Gasteiger partial charge in [0.05, 0.1) is 11.4 Å². The molecule has 0 saturated carbocycles. The number of thiocarbonyl (C=S) groups is 1. The zero-order valence-corrected chi connectivity index (χ0v) is 17.3. The second kappa shape index (κ2) is 7.73. The third-order valence-electron chi connectivity index (χ3n) is 4.93. The minimum atomic E-state index is -0.0919. The van der Waals surface area contributed by atoms with Gasteiger partial charge in [0.2, 0.25) is 5.91 Å². The largest absolute Gasteiger partial charge is 0.356 e. The molecule has 4 heterocycles. The Kier molecular flexibility index (Phi) is 5.34. The second-order valence-corrected chi connectivity index (χ2v) is 9.47. The summed E-state index contributed by atoms with van der Waals surface area (Å²) in [6.45, 7) is 4.30. The fourth-order valence-electron chi connectivity index (χ4n) is 3.83. The molecule has 1 fully saturated rings. The number of piperidine rings is 1. The summed E-state index contributed by atoms with van der Waals surface area (Å²) >= 11 is 8.41. The molecule has 2 aliphatic rings. The smallest absolute Gasteiger partial charge is 0.250 e. The number of likely N-dealkylation sites (tertiary alicyclic amines) is 1. The van der Waals surface area contributed by atoms with Gasteiger partial charge in [-0.1, -0.05) is 30.0 Å². The van der Waals surface area contributed by atoms with E-state index in [0.29, 0.717) is 17.0 Å². The molecule has 1 N–H and O–H groups in total. The topological polar surface area (TPSA) is 67.2 Å². The Morgan fingerprint density at radius 1 is 1.41 bits per heavy atom. The number of anilines is 1. The lowest BCUT2D eigenvalue weighted by Gasteiger charge is -2.43. The van der Waals surface area contributed by atoms with Crippen molar-refractivity contribution in [1.82, 2.24) is 14.5 Å². The van der Waals surface area contributed by atoms with Crippen LogP contribution in [0.3, 0.4) is 0 Å². The summed E-state index contributed by atoms with van der Waals surface area (Å²) in [6, 6.07) is 5.52. The fraction of sp³-hybridized carbons (Fsp3) is 0.444. The third kappa shape index (κ3) is 4.09. The second-order valence-electron chi connectivity index (χ2n) is 7.00. The highest BCUT2D eigenvalue weighted by molar-refractivity contribution is 8.23. The van der Waals surface area contributed by atoms with Crippen molar-refractivity contribution < 1.29 is 4.79 Å². The first-order chi connectivity index (χ1) is 13.0. The molecule has 0 spiro atoms. The van der Waals surface area contributed by atoms with Crippen LogP contribution in [0.15, 0.2) is 28.4 Å². The standard InChI is InChI=1S/C18H20N4O2S3/c1-11-9-26-17(19-11)20-15(23)10-27-18(25)21-6-12-5-13(8-21)14-3-2-4-16(24)22(14)7-12/h2-4,9,12-13H,5-8,10H2,1H3,(H,19,20,23)/t12-,13+/m1/s1. The van der Waals surface area contributed by atoms with Crippen molar-refractivity contribution in [1.29, 1.82) is 0 Å². The van der Waals surface area contributed by atoms with E-state index >= 15 is 0 Å². The number of carbonyl (C=O) groups is 1. The fourth-order valence-corrected chi connectivity index (χ4v) is 5.52. The number of amides is 1. The van der Waals surface area contributed by atoms with E-state index in [2.05, 4.69) is 15.2 Å². The Labute approximate surface area is 171 Å². The van der Waals surface area contributed by atoms with Crippen LogP contribution in [0.4, 0.5) is 5.13 Å². The zero-order valence-electron chi connectivity index (χ0n) is 14.9. The summed E-state index contributed by atoms with van der Waals surface area (Å²) in [5.41, 5.74) is 2.09. The molecule has 2 aliphatic heterocycles. The molecular weight excluding hydrogens is 400 g/mol. The lowest BCUT2D eigenvalue weighted by Crippen LogP contribution is -2.48. The van der Waals surface area contributed by atoms with Gasteiger partial charge in [0.25, 0.3) is 5.56 Å². The van der Waals surface area contributed by atoms with Gasteiger partial charge in [0.1, 0.15) is 4.32 Å². The van der Waals surface area contributed by atoms with Crippen molar-refractivity contribution in [2.24, 2.45) is 5.92 Å². The number of rotatable bonds is 3. The molecule has 142 valence electrons. The zero-order chi connectivity index (χ0) is 19.0. The molecule has 2 aromatic rings. The summed E-state index contributed by atoms with van der Waals surface area (Å²) in [5.74, 6) is 0.921. The predicted octanol–water partition coefficient (Wildman–Crippen LogP) is 2.69. The highest BCUT2D eigenvalue weighted by Crippen LogP contribution is 2.36. The predicted molar refractivity (Wildman–Crippen MR) is 114 cm³/mol. The van der Waals surface area contributed by atoms with Crippen molar-refractivity contribution in [2.75, 3.05) is 24.2 Å². The van der Waals surface area contributed by atoms with Gasteiger partial charge in [-0.05, 0) is 25.3 Å². The lowest BCUT2D eigenvalue weighted by molar-refractivity contribution is -0.113. The highest BCUT2D eigenvalue weighted by Gasteiger charge is 2.35. The first-order valence-electron chi connectivity index (χ1n) is 8.83. The average Bonchev–Trinajstić information content (AvgIpc) is 3.05. The maximum absolute atomic E-state index is 12.1. The molecule has 9 heteroatoms. The van der Waals surface area contributed by atoms with Gasteiger partial charge in [0, 0.05) is 42.7 Å². The number of fused-ring (bicyclic) bond motifs is 4. The minimum Gasteiger partial charge on any atom is -0.356 e. The number of carbonyl (C=O) groups excluding carboxylic acids is 1. The van der Waals surface area contributed by atoms with Crippen molar-refractivity contribution >= 4 is 50.7 Å².